The zero-order valence-electron chi connectivity index (χ0n) is 13.4. The number of hydrogen-bond donors (Lipinski definition) is 0. The average molecular weight is 342 g/mol. The second-order valence-electron chi connectivity index (χ2n) is 5.82. The molecule has 2 heterocycles. The van der Waals surface area contributed by atoms with Gasteiger partial charge in [-0.2, -0.15) is 0 Å². The van der Waals surface area contributed by atoms with Crippen molar-refractivity contribution in [1.82, 2.24) is 14.8 Å². The monoisotopic (exact) mass is 341 g/mol. The molecule has 2 aromatic rings. The number of halogens is 1. The number of nitrogens with zero attached hydrogens (tertiary/aromatic N) is 3. The number of piperazine rings is 1. The second kappa shape index (κ2) is 8.08. The van der Waals surface area contributed by atoms with E-state index in [2.05, 4.69) is 16.0 Å². The summed E-state index contributed by atoms with van der Waals surface area (Å²) < 4.78 is 0. The van der Waals surface area contributed by atoms with Crippen molar-refractivity contribution in [3.63, 3.8) is 0 Å². The van der Waals surface area contributed by atoms with Gasteiger partial charge in [0.25, 0.3) is 0 Å². The lowest BCUT2D eigenvalue weighted by atomic mass is 10.2. The first-order valence-corrected chi connectivity index (χ1v) is 8.43. The highest BCUT2D eigenvalue weighted by molar-refractivity contribution is 6.32. The Bertz CT molecular complexity index is 710. The number of amides is 1. The van der Waals surface area contributed by atoms with Gasteiger partial charge in [0.05, 0.1) is 0 Å². The topological polar surface area (TPSA) is 36.4 Å². The summed E-state index contributed by atoms with van der Waals surface area (Å²) in [5, 5.41) is 0.655. The molecule has 0 saturated carbocycles. The minimum absolute atomic E-state index is 0.0379. The van der Waals surface area contributed by atoms with E-state index in [1.807, 2.05) is 41.4 Å². The van der Waals surface area contributed by atoms with Crippen molar-refractivity contribution in [2.75, 3.05) is 26.2 Å². The van der Waals surface area contributed by atoms with E-state index in [9.17, 15) is 4.79 Å². The van der Waals surface area contributed by atoms with E-state index in [1.54, 1.807) is 18.3 Å². The van der Waals surface area contributed by atoms with Crippen molar-refractivity contribution in [1.29, 1.82) is 0 Å². The molecule has 0 bridgehead atoms. The second-order valence-corrected chi connectivity index (χ2v) is 6.22. The molecule has 0 aliphatic carbocycles. The van der Waals surface area contributed by atoms with Gasteiger partial charge in [0.2, 0.25) is 5.91 Å². The van der Waals surface area contributed by atoms with Crippen LogP contribution in [0.2, 0.25) is 5.02 Å². The van der Waals surface area contributed by atoms with Gasteiger partial charge in [-0.05, 0) is 29.3 Å². The maximum Gasteiger partial charge on any atom is 0.246 e. The Morgan fingerprint density at radius 1 is 1.12 bits per heavy atom. The molecule has 1 aliphatic rings. The molecule has 1 saturated heterocycles. The fraction of sp³-hybridized carbons (Fsp3) is 0.263. The Morgan fingerprint density at radius 3 is 2.62 bits per heavy atom. The lowest BCUT2D eigenvalue weighted by Crippen LogP contribution is -2.47. The van der Waals surface area contributed by atoms with Crippen molar-refractivity contribution in [2.24, 2.45) is 0 Å². The smallest absolute Gasteiger partial charge is 0.246 e. The van der Waals surface area contributed by atoms with Gasteiger partial charge in [-0.1, -0.05) is 35.9 Å². The fourth-order valence-corrected chi connectivity index (χ4v) is 2.95. The Labute approximate surface area is 147 Å². The molecule has 0 atom stereocenters. The van der Waals surface area contributed by atoms with Crippen molar-refractivity contribution in [3.8, 4) is 0 Å². The van der Waals surface area contributed by atoms with E-state index in [1.165, 1.54) is 5.56 Å². The summed E-state index contributed by atoms with van der Waals surface area (Å²) in [7, 11) is 0. The Hall–Kier alpha value is -2.17. The molecule has 24 heavy (non-hydrogen) atoms. The maximum atomic E-state index is 12.3. The molecule has 0 spiro atoms. The summed E-state index contributed by atoms with van der Waals surface area (Å²) in [5.41, 5.74) is 2.07. The maximum absolute atomic E-state index is 12.3. The van der Waals surface area contributed by atoms with Crippen LogP contribution in [0.3, 0.4) is 0 Å². The number of pyridine rings is 1. The number of carbonyl (C=O) groups is 1. The highest BCUT2D eigenvalue weighted by Crippen LogP contribution is 2.16. The molecule has 5 heteroatoms. The third-order valence-electron chi connectivity index (χ3n) is 4.12. The van der Waals surface area contributed by atoms with Crippen molar-refractivity contribution in [3.05, 3.63) is 71.0 Å². The lowest BCUT2D eigenvalue weighted by Gasteiger charge is -2.34. The summed E-state index contributed by atoms with van der Waals surface area (Å²) in [4.78, 5) is 20.7. The molecule has 0 radical (unpaired) electrons. The normalized spacial score (nSPS) is 15.8. The number of rotatable bonds is 4. The molecule has 3 rings (SSSR count). The van der Waals surface area contributed by atoms with Crippen LogP contribution in [0.5, 0.6) is 0 Å². The van der Waals surface area contributed by atoms with Gasteiger partial charge < -0.3 is 4.90 Å². The summed E-state index contributed by atoms with van der Waals surface area (Å²) in [6, 6.07) is 11.5. The molecular weight excluding hydrogens is 322 g/mol. The molecule has 4 nitrogen and oxygen atoms in total. The minimum atomic E-state index is 0.0379. The molecule has 0 unspecified atom stereocenters. The van der Waals surface area contributed by atoms with E-state index < -0.39 is 0 Å². The van der Waals surface area contributed by atoms with Gasteiger partial charge in [-0.15, -0.1) is 0 Å². The van der Waals surface area contributed by atoms with Gasteiger partial charge in [-0.25, -0.2) is 0 Å². The summed E-state index contributed by atoms with van der Waals surface area (Å²) in [6.45, 7) is 4.12. The fourth-order valence-electron chi connectivity index (χ4n) is 2.75. The van der Waals surface area contributed by atoms with E-state index in [-0.39, 0.29) is 5.91 Å². The van der Waals surface area contributed by atoms with Gasteiger partial charge >= 0.3 is 0 Å². The highest BCUT2D eigenvalue weighted by Gasteiger charge is 2.19. The molecule has 0 N–H and O–H groups in total. The third-order valence-corrected chi connectivity index (χ3v) is 4.47. The SMILES string of the molecule is O=C(/C=C/c1ccccc1Cl)N1CCN(Cc2cccnc2)CC1. The van der Waals surface area contributed by atoms with E-state index in [0.29, 0.717) is 5.02 Å². The molecular formula is C19H20ClN3O. The summed E-state index contributed by atoms with van der Waals surface area (Å²) in [6.07, 6.45) is 7.07. The minimum Gasteiger partial charge on any atom is -0.337 e. The van der Waals surface area contributed by atoms with Crippen LogP contribution in [-0.4, -0.2) is 46.9 Å². The van der Waals surface area contributed by atoms with Crippen LogP contribution in [0.15, 0.2) is 54.9 Å². The van der Waals surface area contributed by atoms with Crippen LogP contribution in [-0.2, 0) is 11.3 Å². The third kappa shape index (κ3) is 4.43. The standard InChI is InChI=1S/C19H20ClN3O/c20-18-6-2-1-5-17(18)7-8-19(24)23-12-10-22(11-13-23)15-16-4-3-9-21-14-16/h1-9,14H,10-13,15H2/b8-7+. The van der Waals surface area contributed by atoms with E-state index >= 15 is 0 Å². The van der Waals surface area contributed by atoms with E-state index in [4.69, 9.17) is 11.6 Å². The van der Waals surface area contributed by atoms with Crippen LogP contribution in [0.1, 0.15) is 11.1 Å². The van der Waals surface area contributed by atoms with Crippen molar-refractivity contribution >= 4 is 23.6 Å². The largest absolute Gasteiger partial charge is 0.337 e. The van der Waals surface area contributed by atoms with Gasteiger partial charge in [0, 0.05) is 56.2 Å². The molecule has 1 aliphatic heterocycles. The molecule has 1 amide bonds. The van der Waals surface area contributed by atoms with Crippen LogP contribution >= 0.6 is 11.6 Å². The molecule has 124 valence electrons. The zero-order valence-corrected chi connectivity index (χ0v) is 14.2. The Morgan fingerprint density at radius 2 is 1.92 bits per heavy atom. The van der Waals surface area contributed by atoms with Crippen LogP contribution in [0.25, 0.3) is 6.08 Å². The Balaban J connectivity index is 1.51. The van der Waals surface area contributed by atoms with Gasteiger partial charge in [0.1, 0.15) is 0 Å². The lowest BCUT2D eigenvalue weighted by molar-refractivity contribution is -0.127. The van der Waals surface area contributed by atoms with E-state index in [0.717, 1.165) is 38.3 Å². The molecule has 1 aromatic carbocycles. The average Bonchev–Trinajstić information content (AvgIpc) is 2.62. The first-order valence-electron chi connectivity index (χ1n) is 8.05. The number of hydrogen-bond acceptors (Lipinski definition) is 3. The number of carbonyl (C=O) groups excluding carboxylic acids is 1. The van der Waals surface area contributed by atoms with Gasteiger partial charge in [-0.3, -0.25) is 14.7 Å². The number of benzene rings is 1. The van der Waals surface area contributed by atoms with Crippen LogP contribution in [0, 0.1) is 0 Å². The first-order chi connectivity index (χ1) is 11.7. The van der Waals surface area contributed by atoms with Crippen LogP contribution in [0.4, 0.5) is 0 Å². The predicted octanol–water partition coefficient (Wildman–Crippen LogP) is 3.09. The molecule has 1 fully saturated rings. The van der Waals surface area contributed by atoms with Crippen molar-refractivity contribution in [2.45, 2.75) is 6.54 Å². The zero-order chi connectivity index (χ0) is 16.8. The van der Waals surface area contributed by atoms with Crippen molar-refractivity contribution < 1.29 is 4.79 Å². The summed E-state index contributed by atoms with van der Waals surface area (Å²) >= 11 is 6.10. The highest BCUT2D eigenvalue weighted by atomic mass is 35.5. The molecule has 1 aromatic heterocycles. The summed E-state index contributed by atoms with van der Waals surface area (Å²) in [5.74, 6) is 0.0379. The van der Waals surface area contributed by atoms with Crippen LogP contribution < -0.4 is 0 Å². The van der Waals surface area contributed by atoms with Gasteiger partial charge in [0.15, 0.2) is 0 Å². The number of aromatic nitrogens is 1. The quantitative estimate of drug-likeness (QED) is 0.802. The Kier molecular flexibility index (Phi) is 5.62. The first kappa shape index (κ1) is 16.7. The predicted molar refractivity (Wildman–Crippen MR) is 96.6 cm³/mol.